The van der Waals surface area contributed by atoms with Gasteiger partial charge in [0.25, 0.3) is 0 Å². The molecule has 0 aliphatic carbocycles. The summed E-state index contributed by atoms with van der Waals surface area (Å²) in [6.07, 6.45) is 4.13. The summed E-state index contributed by atoms with van der Waals surface area (Å²) >= 11 is 0. The maximum atomic E-state index is 4.38. The number of pyridine rings is 1. The van der Waals surface area contributed by atoms with Crippen LogP contribution in [0.3, 0.4) is 0 Å². The quantitative estimate of drug-likeness (QED) is 0.786. The van der Waals surface area contributed by atoms with Crippen LogP contribution in [0, 0.1) is 0 Å². The Labute approximate surface area is 83.8 Å². The Morgan fingerprint density at radius 2 is 2.07 bits per heavy atom. The van der Waals surface area contributed by atoms with Crippen molar-refractivity contribution >= 4 is 11.5 Å². The summed E-state index contributed by atoms with van der Waals surface area (Å²) in [7, 11) is 1.88. The van der Waals surface area contributed by atoms with E-state index >= 15 is 0 Å². The van der Waals surface area contributed by atoms with Gasteiger partial charge in [-0.15, -0.1) is 0 Å². The molecule has 1 N–H and O–H groups in total. The molecule has 0 amide bonds. The highest BCUT2D eigenvalue weighted by atomic mass is 15.1. The molecule has 2 rings (SSSR count). The van der Waals surface area contributed by atoms with Crippen molar-refractivity contribution in [3.63, 3.8) is 0 Å². The van der Waals surface area contributed by atoms with Crippen LogP contribution in [0.15, 0.2) is 24.5 Å². The first kappa shape index (κ1) is 9.06. The summed E-state index contributed by atoms with van der Waals surface area (Å²) in [4.78, 5) is 4.38. The molecule has 0 bridgehead atoms. The maximum absolute atomic E-state index is 4.38. The van der Waals surface area contributed by atoms with Crippen molar-refractivity contribution in [1.82, 2.24) is 9.38 Å². The second kappa shape index (κ2) is 3.33. The lowest BCUT2D eigenvalue weighted by Crippen LogP contribution is -1.91. The zero-order valence-corrected chi connectivity index (χ0v) is 8.78. The molecular weight excluding hydrogens is 174 g/mol. The molecule has 3 heteroatoms. The molecule has 0 aliphatic rings. The summed E-state index contributed by atoms with van der Waals surface area (Å²) in [5.74, 6) is 1.46. The second-order valence-electron chi connectivity index (χ2n) is 3.76. The van der Waals surface area contributed by atoms with E-state index in [0.29, 0.717) is 5.92 Å². The van der Waals surface area contributed by atoms with E-state index in [9.17, 15) is 0 Å². The Balaban J connectivity index is 2.54. The van der Waals surface area contributed by atoms with E-state index in [1.165, 1.54) is 5.56 Å². The summed E-state index contributed by atoms with van der Waals surface area (Å²) in [6, 6.07) is 4.18. The van der Waals surface area contributed by atoms with Crippen molar-refractivity contribution in [3.05, 3.63) is 30.1 Å². The number of rotatable bonds is 2. The van der Waals surface area contributed by atoms with Gasteiger partial charge in [0.2, 0.25) is 0 Å². The van der Waals surface area contributed by atoms with Crippen LogP contribution in [0.4, 0.5) is 5.82 Å². The lowest BCUT2D eigenvalue weighted by Gasteiger charge is -2.04. The zero-order valence-electron chi connectivity index (χ0n) is 8.78. The van der Waals surface area contributed by atoms with Crippen LogP contribution in [-0.2, 0) is 0 Å². The number of imidazole rings is 1. The monoisotopic (exact) mass is 189 g/mol. The molecule has 2 aromatic heterocycles. The van der Waals surface area contributed by atoms with E-state index in [4.69, 9.17) is 0 Å². The third-order valence-corrected chi connectivity index (χ3v) is 2.40. The molecule has 74 valence electrons. The highest BCUT2D eigenvalue weighted by molar-refractivity contribution is 5.49. The largest absolute Gasteiger partial charge is 0.372 e. The Kier molecular flexibility index (Phi) is 2.15. The molecule has 0 fully saturated rings. The first-order chi connectivity index (χ1) is 6.70. The minimum atomic E-state index is 0.555. The van der Waals surface area contributed by atoms with Crippen LogP contribution in [-0.4, -0.2) is 16.4 Å². The van der Waals surface area contributed by atoms with Crippen molar-refractivity contribution in [2.45, 2.75) is 19.8 Å². The van der Waals surface area contributed by atoms with Gasteiger partial charge in [0.1, 0.15) is 11.5 Å². The third kappa shape index (κ3) is 1.45. The van der Waals surface area contributed by atoms with Gasteiger partial charge >= 0.3 is 0 Å². The second-order valence-corrected chi connectivity index (χ2v) is 3.76. The van der Waals surface area contributed by atoms with Crippen LogP contribution in [0.2, 0.25) is 0 Å². The SMILES string of the molecule is CNc1cn2cc(C(C)C)ccc2n1. The van der Waals surface area contributed by atoms with Gasteiger partial charge in [-0.2, -0.15) is 0 Å². The van der Waals surface area contributed by atoms with Gasteiger partial charge < -0.3 is 9.72 Å². The standard InChI is InChI=1S/C11H15N3/c1-8(2)9-4-5-11-13-10(12-3)7-14(11)6-9/h4-8,12H,1-3H3. The van der Waals surface area contributed by atoms with Crippen molar-refractivity contribution in [3.8, 4) is 0 Å². The molecule has 0 saturated carbocycles. The predicted octanol–water partition coefficient (Wildman–Crippen LogP) is 2.50. The molecule has 0 unspecified atom stereocenters. The summed E-state index contributed by atoms with van der Waals surface area (Å²) in [5.41, 5.74) is 2.32. The maximum Gasteiger partial charge on any atom is 0.145 e. The van der Waals surface area contributed by atoms with E-state index in [2.05, 4.69) is 46.9 Å². The molecule has 14 heavy (non-hydrogen) atoms. The number of hydrogen-bond acceptors (Lipinski definition) is 2. The lowest BCUT2D eigenvalue weighted by atomic mass is 10.1. The summed E-state index contributed by atoms with van der Waals surface area (Å²) < 4.78 is 2.06. The van der Waals surface area contributed by atoms with E-state index in [0.717, 1.165) is 11.5 Å². The lowest BCUT2D eigenvalue weighted by molar-refractivity contribution is 0.854. The molecule has 0 aromatic carbocycles. The number of anilines is 1. The van der Waals surface area contributed by atoms with Crippen molar-refractivity contribution in [1.29, 1.82) is 0 Å². The Bertz CT molecular complexity index is 443. The van der Waals surface area contributed by atoms with Crippen molar-refractivity contribution in [2.24, 2.45) is 0 Å². The average Bonchev–Trinajstić information content (AvgIpc) is 2.58. The van der Waals surface area contributed by atoms with E-state index < -0.39 is 0 Å². The Morgan fingerprint density at radius 1 is 1.29 bits per heavy atom. The van der Waals surface area contributed by atoms with Crippen molar-refractivity contribution < 1.29 is 0 Å². The molecular formula is C11H15N3. The van der Waals surface area contributed by atoms with Gasteiger partial charge in [0.15, 0.2) is 0 Å². The van der Waals surface area contributed by atoms with Crippen LogP contribution < -0.4 is 5.32 Å². The fourth-order valence-corrected chi connectivity index (χ4v) is 1.47. The van der Waals surface area contributed by atoms with Gasteiger partial charge in [-0.25, -0.2) is 4.98 Å². The van der Waals surface area contributed by atoms with E-state index in [1.807, 2.05) is 13.2 Å². The van der Waals surface area contributed by atoms with E-state index in [1.54, 1.807) is 0 Å². The number of nitrogens with one attached hydrogen (secondary N) is 1. The van der Waals surface area contributed by atoms with Crippen LogP contribution >= 0.6 is 0 Å². The molecule has 0 spiro atoms. The highest BCUT2D eigenvalue weighted by Crippen LogP contribution is 2.16. The van der Waals surface area contributed by atoms with Gasteiger partial charge in [-0.1, -0.05) is 19.9 Å². The molecule has 3 nitrogen and oxygen atoms in total. The first-order valence-corrected chi connectivity index (χ1v) is 4.87. The van der Waals surface area contributed by atoms with Gasteiger partial charge in [-0.05, 0) is 17.5 Å². The van der Waals surface area contributed by atoms with Crippen LogP contribution in [0.25, 0.3) is 5.65 Å². The molecule has 0 aliphatic heterocycles. The molecule has 0 atom stereocenters. The number of fused-ring (bicyclic) bond motifs is 1. The molecule has 2 aromatic rings. The fraction of sp³-hybridized carbons (Fsp3) is 0.364. The number of nitrogens with zero attached hydrogens (tertiary/aromatic N) is 2. The normalized spacial score (nSPS) is 11.1. The molecule has 0 radical (unpaired) electrons. The van der Waals surface area contributed by atoms with Gasteiger partial charge in [0.05, 0.1) is 6.20 Å². The van der Waals surface area contributed by atoms with Crippen LogP contribution in [0.5, 0.6) is 0 Å². The zero-order chi connectivity index (χ0) is 10.1. The first-order valence-electron chi connectivity index (χ1n) is 4.87. The fourth-order valence-electron chi connectivity index (χ4n) is 1.47. The predicted molar refractivity (Wildman–Crippen MR) is 58.8 cm³/mol. The molecule has 0 saturated heterocycles. The highest BCUT2D eigenvalue weighted by Gasteiger charge is 2.02. The van der Waals surface area contributed by atoms with Gasteiger partial charge in [-0.3, -0.25) is 0 Å². The van der Waals surface area contributed by atoms with Crippen LogP contribution in [0.1, 0.15) is 25.3 Å². The van der Waals surface area contributed by atoms with Gasteiger partial charge in [0, 0.05) is 13.2 Å². The topological polar surface area (TPSA) is 29.3 Å². The Morgan fingerprint density at radius 3 is 2.71 bits per heavy atom. The summed E-state index contributed by atoms with van der Waals surface area (Å²) in [6.45, 7) is 4.38. The third-order valence-electron chi connectivity index (χ3n) is 2.40. The number of aromatic nitrogens is 2. The number of hydrogen-bond donors (Lipinski definition) is 1. The van der Waals surface area contributed by atoms with E-state index in [-0.39, 0.29) is 0 Å². The minimum Gasteiger partial charge on any atom is -0.372 e. The molecule has 2 heterocycles. The average molecular weight is 189 g/mol. The van der Waals surface area contributed by atoms with Crippen molar-refractivity contribution in [2.75, 3.05) is 12.4 Å². The Hall–Kier alpha value is -1.51. The summed E-state index contributed by atoms with van der Waals surface area (Å²) in [5, 5.41) is 3.03. The smallest absolute Gasteiger partial charge is 0.145 e. The minimum absolute atomic E-state index is 0.555.